The Morgan fingerprint density at radius 2 is 1.77 bits per heavy atom. The van der Waals surface area contributed by atoms with E-state index in [2.05, 4.69) is 10.4 Å². The van der Waals surface area contributed by atoms with Gasteiger partial charge in [0.25, 0.3) is 0 Å². The van der Waals surface area contributed by atoms with Crippen LogP contribution in [0.5, 0.6) is 0 Å². The Kier molecular flexibility index (Phi) is 4.13. The topological polar surface area (TPSA) is 59.3 Å². The van der Waals surface area contributed by atoms with Crippen molar-refractivity contribution >= 4 is 28.1 Å². The van der Waals surface area contributed by atoms with Crippen molar-refractivity contribution < 1.29 is 4.79 Å². The average molecular weight is 344 g/mol. The number of carbonyl (C=O) groups excluding carboxylic acids is 1. The number of anilines is 1. The van der Waals surface area contributed by atoms with Gasteiger partial charge in [0.15, 0.2) is 5.65 Å². The zero-order valence-corrected chi connectivity index (χ0v) is 14.9. The SMILES string of the molecule is Cc1nc2c3ccccc3nn2c(C)c1CCC(=O)Nc1ccccc1. The summed E-state index contributed by atoms with van der Waals surface area (Å²) in [5.74, 6) is 0.000670. The van der Waals surface area contributed by atoms with Gasteiger partial charge in [-0.05, 0) is 50.1 Å². The zero-order valence-electron chi connectivity index (χ0n) is 14.9. The van der Waals surface area contributed by atoms with Gasteiger partial charge < -0.3 is 5.32 Å². The second-order valence-corrected chi connectivity index (χ2v) is 6.43. The number of para-hydroxylation sites is 1. The van der Waals surface area contributed by atoms with Crippen molar-refractivity contribution in [2.75, 3.05) is 5.32 Å². The van der Waals surface area contributed by atoms with Gasteiger partial charge in [-0.2, -0.15) is 5.10 Å². The number of hydrogen-bond donors (Lipinski definition) is 1. The molecule has 0 saturated heterocycles. The van der Waals surface area contributed by atoms with Gasteiger partial charge in [-0.25, -0.2) is 9.50 Å². The Hall–Kier alpha value is -3.21. The maximum Gasteiger partial charge on any atom is 0.224 e. The summed E-state index contributed by atoms with van der Waals surface area (Å²) in [5.41, 5.74) is 5.69. The van der Waals surface area contributed by atoms with E-state index in [0.717, 1.165) is 39.2 Å². The lowest BCUT2D eigenvalue weighted by atomic mass is 10.1. The number of amides is 1. The molecule has 0 fully saturated rings. The summed E-state index contributed by atoms with van der Waals surface area (Å²) in [6.07, 6.45) is 1.04. The molecule has 4 aromatic rings. The molecule has 26 heavy (non-hydrogen) atoms. The first-order chi connectivity index (χ1) is 12.6. The summed E-state index contributed by atoms with van der Waals surface area (Å²) >= 11 is 0. The Bertz CT molecular complexity index is 1100. The van der Waals surface area contributed by atoms with Gasteiger partial charge in [0, 0.05) is 28.9 Å². The molecule has 0 atom stereocenters. The van der Waals surface area contributed by atoms with Crippen molar-refractivity contribution in [3.63, 3.8) is 0 Å². The molecule has 5 heteroatoms. The van der Waals surface area contributed by atoms with Gasteiger partial charge in [-0.3, -0.25) is 4.79 Å². The molecule has 0 unspecified atom stereocenters. The summed E-state index contributed by atoms with van der Waals surface area (Å²) in [6.45, 7) is 4.04. The first kappa shape index (κ1) is 16.3. The van der Waals surface area contributed by atoms with E-state index in [0.29, 0.717) is 12.8 Å². The van der Waals surface area contributed by atoms with Crippen LogP contribution in [-0.4, -0.2) is 20.5 Å². The van der Waals surface area contributed by atoms with Crippen molar-refractivity contribution in [3.8, 4) is 0 Å². The predicted octanol–water partition coefficient (Wildman–Crippen LogP) is 4.07. The summed E-state index contributed by atoms with van der Waals surface area (Å²) in [5, 5.41) is 8.64. The van der Waals surface area contributed by atoms with Crippen molar-refractivity contribution in [2.24, 2.45) is 0 Å². The van der Waals surface area contributed by atoms with Gasteiger partial charge in [0.05, 0.1) is 5.52 Å². The van der Waals surface area contributed by atoms with Gasteiger partial charge >= 0.3 is 0 Å². The standard InChI is InChI=1S/C21H20N4O/c1-14-17(12-13-20(26)23-16-8-4-3-5-9-16)15(2)25-21(22-14)18-10-6-7-11-19(18)24-25/h3-11H,12-13H2,1-2H3,(H,23,26). The number of nitrogens with one attached hydrogen (secondary N) is 1. The van der Waals surface area contributed by atoms with Crippen LogP contribution in [0.4, 0.5) is 5.69 Å². The number of carbonyl (C=O) groups is 1. The molecule has 1 amide bonds. The van der Waals surface area contributed by atoms with Crippen molar-refractivity contribution in [1.29, 1.82) is 0 Å². The van der Waals surface area contributed by atoms with E-state index >= 15 is 0 Å². The minimum atomic E-state index is 0.000670. The average Bonchev–Trinajstić information content (AvgIpc) is 3.01. The summed E-state index contributed by atoms with van der Waals surface area (Å²) in [4.78, 5) is 17.0. The Balaban J connectivity index is 1.60. The van der Waals surface area contributed by atoms with E-state index < -0.39 is 0 Å². The van der Waals surface area contributed by atoms with Crippen LogP contribution in [0.2, 0.25) is 0 Å². The van der Waals surface area contributed by atoms with Crippen molar-refractivity contribution in [2.45, 2.75) is 26.7 Å². The van der Waals surface area contributed by atoms with Crippen LogP contribution in [-0.2, 0) is 11.2 Å². The van der Waals surface area contributed by atoms with E-state index in [-0.39, 0.29) is 5.91 Å². The van der Waals surface area contributed by atoms with Crippen LogP contribution in [0.25, 0.3) is 16.6 Å². The molecule has 0 saturated carbocycles. The lowest BCUT2D eigenvalue weighted by Crippen LogP contribution is -2.14. The molecule has 4 rings (SSSR count). The first-order valence-electron chi connectivity index (χ1n) is 8.72. The van der Waals surface area contributed by atoms with Gasteiger partial charge in [0.1, 0.15) is 0 Å². The number of aromatic nitrogens is 3. The van der Waals surface area contributed by atoms with Crippen LogP contribution in [0.15, 0.2) is 54.6 Å². The third kappa shape index (κ3) is 2.92. The fourth-order valence-electron chi connectivity index (χ4n) is 3.32. The van der Waals surface area contributed by atoms with Gasteiger partial charge in [0.2, 0.25) is 5.91 Å². The van der Waals surface area contributed by atoms with E-state index in [1.165, 1.54) is 0 Å². The fraction of sp³-hybridized carbons (Fsp3) is 0.190. The third-order valence-electron chi connectivity index (χ3n) is 4.68. The Morgan fingerprint density at radius 1 is 1.04 bits per heavy atom. The maximum absolute atomic E-state index is 12.3. The predicted molar refractivity (Wildman–Crippen MR) is 103 cm³/mol. The molecular formula is C21H20N4O. The highest BCUT2D eigenvalue weighted by Crippen LogP contribution is 2.23. The molecule has 0 aliphatic carbocycles. The normalized spacial score (nSPS) is 11.2. The first-order valence-corrected chi connectivity index (χ1v) is 8.72. The maximum atomic E-state index is 12.3. The molecule has 0 aliphatic heterocycles. The van der Waals surface area contributed by atoms with Crippen LogP contribution in [0.3, 0.4) is 0 Å². The van der Waals surface area contributed by atoms with Crippen molar-refractivity contribution in [3.05, 3.63) is 71.5 Å². The number of fused-ring (bicyclic) bond motifs is 3. The summed E-state index contributed by atoms with van der Waals surface area (Å²) < 4.78 is 1.89. The molecule has 5 nitrogen and oxygen atoms in total. The molecule has 2 heterocycles. The molecule has 0 bridgehead atoms. The minimum absolute atomic E-state index is 0.000670. The lowest BCUT2D eigenvalue weighted by Gasteiger charge is -2.11. The molecule has 0 aliphatic rings. The smallest absolute Gasteiger partial charge is 0.224 e. The molecule has 2 aromatic carbocycles. The van der Waals surface area contributed by atoms with Crippen molar-refractivity contribution in [1.82, 2.24) is 14.6 Å². The Morgan fingerprint density at radius 3 is 2.58 bits per heavy atom. The van der Waals surface area contributed by atoms with Crippen LogP contribution >= 0.6 is 0 Å². The number of hydrogen-bond acceptors (Lipinski definition) is 3. The number of nitrogens with zero attached hydrogens (tertiary/aromatic N) is 3. The van der Waals surface area contributed by atoms with Crippen LogP contribution < -0.4 is 5.32 Å². The number of rotatable bonds is 4. The molecule has 0 radical (unpaired) electrons. The van der Waals surface area contributed by atoms with E-state index in [9.17, 15) is 4.79 Å². The molecular weight excluding hydrogens is 324 g/mol. The third-order valence-corrected chi connectivity index (χ3v) is 4.68. The second-order valence-electron chi connectivity index (χ2n) is 6.43. The molecule has 130 valence electrons. The number of aryl methyl sites for hydroxylation is 2. The van der Waals surface area contributed by atoms with E-state index in [4.69, 9.17) is 4.98 Å². The number of benzene rings is 2. The van der Waals surface area contributed by atoms with Crippen LogP contribution in [0, 0.1) is 13.8 Å². The largest absolute Gasteiger partial charge is 0.326 e. The highest BCUT2D eigenvalue weighted by molar-refractivity contribution is 5.92. The highest BCUT2D eigenvalue weighted by Gasteiger charge is 2.14. The summed E-state index contributed by atoms with van der Waals surface area (Å²) in [6, 6.07) is 17.5. The Labute approximate surface area is 151 Å². The van der Waals surface area contributed by atoms with E-state index in [1.807, 2.05) is 73.0 Å². The summed E-state index contributed by atoms with van der Waals surface area (Å²) in [7, 11) is 0. The molecule has 0 spiro atoms. The van der Waals surface area contributed by atoms with Gasteiger partial charge in [-0.15, -0.1) is 0 Å². The molecule has 2 aromatic heterocycles. The fourth-order valence-corrected chi connectivity index (χ4v) is 3.32. The zero-order chi connectivity index (χ0) is 18.1. The lowest BCUT2D eigenvalue weighted by molar-refractivity contribution is -0.116. The van der Waals surface area contributed by atoms with E-state index in [1.54, 1.807) is 0 Å². The minimum Gasteiger partial charge on any atom is -0.326 e. The monoisotopic (exact) mass is 344 g/mol. The highest BCUT2D eigenvalue weighted by atomic mass is 16.1. The quantitative estimate of drug-likeness (QED) is 0.607. The van der Waals surface area contributed by atoms with Crippen LogP contribution in [0.1, 0.15) is 23.4 Å². The van der Waals surface area contributed by atoms with Gasteiger partial charge in [-0.1, -0.05) is 30.3 Å². The second kappa shape index (κ2) is 6.59. The molecule has 1 N–H and O–H groups in total.